The topological polar surface area (TPSA) is 12.5 Å². The molecule has 0 saturated carbocycles. The fourth-order valence-corrected chi connectivity index (χ4v) is 2.32. The third-order valence-electron chi connectivity index (χ3n) is 3.68. The lowest BCUT2D eigenvalue weighted by Gasteiger charge is -2.22. The van der Waals surface area contributed by atoms with Crippen LogP contribution in [0.1, 0.15) is 66.7 Å². The van der Waals surface area contributed by atoms with Gasteiger partial charge in [-0.05, 0) is 50.7 Å². The van der Waals surface area contributed by atoms with Crippen molar-refractivity contribution in [1.29, 1.82) is 0 Å². The molecular formula is C16H35NO. The third-order valence-corrected chi connectivity index (χ3v) is 3.68. The molecule has 0 aliphatic rings. The van der Waals surface area contributed by atoms with Crippen molar-refractivity contribution in [2.24, 2.45) is 5.41 Å². The first kappa shape index (κ1) is 17.9. The van der Waals surface area contributed by atoms with Gasteiger partial charge in [0, 0.05) is 7.11 Å². The van der Waals surface area contributed by atoms with Crippen LogP contribution in [0.4, 0.5) is 0 Å². The van der Waals surface area contributed by atoms with E-state index in [0.29, 0.717) is 11.5 Å². The molecule has 0 amide bonds. The Morgan fingerprint density at radius 3 is 2.00 bits per heavy atom. The van der Waals surface area contributed by atoms with Crippen LogP contribution in [0.25, 0.3) is 0 Å². The van der Waals surface area contributed by atoms with Crippen LogP contribution >= 0.6 is 0 Å². The van der Waals surface area contributed by atoms with E-state index in [9.17, 15) is 0 Å². The Morgan fingerprint density at radius 1 is 1.00 bits per heavy atom. The molecule has 0 fully saturated rings. The van der Waals surface area contributed by atoms with E-state index in [4.69, 9.17) is 4.74 Å². The number of methoxy groups -OCH3 is 1. The second kappa shape index (κ2) is 9.80. The molecule has 0 heterocycles. The van der Waals surface area contributed by atoms with Gasteiger partial charge in [0.25, 0.3) is 0 Å². The summed E-state index contributed by atoms with van der Waals surface area (Å²) in [6, 6.07) is 0. The lowest BCUT2D eigenvalue weighted by Crippen LogP contribution is -2.25. The second-order valence-electron chi connectivity index (χ2n) is 6.48. The molecule has 0 unspecified atom stereocenters. The number of ether oxygens (including phenoxy) is 1. The van der Waals surface area contributed by atoms with E-state index in [-0.39, 0.29) is 0 Å². The van der Waals surface area contributed by atoms with Crippen LogP contribution in [-0.4, -0.2) is 37.7 Å². The summed E-state index contributed by atoms with van der Waals surface area (Å²) in [7, 11) is 1.86. The molecule has 0 aliphatic carbocycles. The van der Waals surface area contributed by atoms with E-state index < -0.39 is 0 Å². The quantitative estimate of drug-likeness (QED) is 0.577. The Hall–Kier alpha value is -0.0800. The summed E-state index contributed by atoms with van der Waals surface area (Å²) < 4.78 is 5.60. The third kappa shape index (κ3) is 9.90. The maximum Gasteiger partial charge on any atom is 0.0571 e. The van der Waals surface area contributed by atoms with Gasteiger partial charge in [0.1, 0.15) is 0 Å². The van der Waals surface area contributed by atoms with Gasteiger partial charge >= 0.3 is 0 Å². The van der Waals surface area contributed by atoms with Crippen molar-refractivity contribution in [3.05, 3.63) is 0 Å². The molecule has 0 aromatic heterocycles. The van der Waals surface area contributed by atoms with E-state index >= 15 is 0 Å². The molecule has 0 bridgehead atoms. The molecule has 0 aliphatic heterocycles. The van der Waals surface area contributed by atoms with Gasteiger partial charge < -0.3 is 9.64 Å². The molecule has 0 aromatic carbocycles. The van der Waals surface area contributed by atoms with Crippen LogP contribution < -0.4 is 0 Å². The number of hydrogen-bond donors (Lipinski definition) is 0. The van der Waals surface area contributed by atoms with Crippen molar-refractivity contribution in [2.45, 2.75) is 72.8 Å². The first-order valence-corrected chi connectivity index (χ1v) is 7.68. The zero-order valence-electron chi connectivity index (χ0n) is 13.6. The van der Waals surface area contributed by atoms with Gasteiger partial charge in [-0.25, -0.2) is 0 Å². The highest BCUT2D eigenvalue weighted by Gasteiger charge is 2.13. The van der Waals surface area contributed by atoms with Gasteiger partial charge in [-0.15, -0.1) is 0 Å². The highest BCUT2D eigenvalue weighted by molar-refractivity contribution is 4.65. The smallest absolute Gasteiger partial charge is 0.0571 e. The van der Waals surface area contributed by atoms with Crippen molar-refractivity contribution in [1.82, 2.24) is 4.90 Å². The highest BCUT2D eigenvalue weighted by Crippen LogP contribution is 2.23. The molecule has 18 heavy (non-hydrogen) atoms. The Kier molecular flexibility index (Phi) is 9.76. The SMILES string of the molecule is CCN(CC)CCC[C@@H](CCCC(C)(C)C)OC. The largest absolute Gasteiger partial charge is 0.381 e. The van der Waals surface area contributed by atoms with Gasteiger partial charge in [0.2, 0.25) is 0 Å². The van der Waals surface area contributed by atoms with E-state index in [1.54, 1.807) is 0 Å². The minimum Gasteiger partial charge on any atom is -0.381 e. The summed E-state index contributed by atoms with van der Waals surface area (Å²) >= 11 is 0. The number of hydrogen-bond acceptors (Lipinski definition) is 2. The average Bonchev–Trinajstić information content (AvgIpc) is 2.31. The lowest BCUT2D eigenvalue weighted by molar-refractivity contribution is 0.0786. The normalized spacial score (nSPS) is 14.2. The van der Waals surface area contributed by atoms with Crippen LogP contribution in [0.2, 0.25) is 0 Å². The molecule has 0 spiro atoms. The van der Waals surface area contributed by atoms with E-state index in [1.165, 1.54) is 38.6 Å². The van der Waals surface area contributed by atoms with E-state index in [0.717, 1.165) is 13.1 Å². The zero-order chi connectivity index (χ0) is 14.0. The fraction of sp³-hybridized carbons (Fsp3) is 1.00. The van der Waals surface area contributed by atoms with E-state index in [1.807, 2.05) is 7.11 Å². The number of rotatable bonds is 10. The minimum absolute atomic E-state index is 0.458. The summed E-state index contributed by atoms with van der Waals surface area (Å²) in [6.45, 7) is 15.0. The molecule has 110 valence electrons. The molecule has 0 radical (unpaired) electrons. The maximum atomic E-state index is 5.60. The fourth-order valence-electron chi connectivity index (χ4n) is 2.32. The van der Waals surface area contributed by atoms with Crippen molar-refractivity contribution in [3.8, 4) is 0 Å². The summed E-state index contributed by atoms with van der Waals surface area (Å²) in [6.07, 6.45) is 6.72. The van der Waals surface area contributed by atoms with Crippen molar-refractivity contribution < 1.29 is 4.74 Å². The molecule has 2 nitrogen and oxygen atoms in total. The molecular weight excluding hydrogens is 222 g/mol. The van der Waals surface area contributed by atoms with Gasteiger partial charge in [0.05, 0.1) is 6.10 Å². The standard InChI is InChI=1S/C16H35NO/c1-7-17(8-2)14-10-12-15(18-6)11-9-13-16(3,4)5/h15H,7-14H2,1-6H3/t15-/m1/s1. The van der Waals surface area contributed by atoms with Gasteiger partial charge in [-0.3, -0.25) is 0 Å². The van der Waals surface area contributed by atoms with Crippen LogP contribution in [-0.2, 0) is 4.74 Å². The van der Waals surface area contributed by atoms with E-state index in [2.05, 4.69) is 39.5 Å². The summed E-state index contributed by atoms with van der Waals surface area (Å²) in [5.74, 6) is 0. The Balaban J connectivity index is 3.70. The Labute approximate surface area is 115 Å². The van der Waals surface area contributed by atoms with Crippen LogP contribution in [0.15, 0.2) is 0 Å². The lowest BCUT2D eigenvalue weighted by atomic mass is 9.89. The highest BCUT2D eigenvalue weighted by atomic mass is 16.5. The van der Waals surface area contributed by atoms with Crippen LogP contribution in [0.5, 0.6) is 0 Å². The van der Waals surface area contributed by atoms with Gasteiger partial charge in [0.15, 0.2) is 0 Å². The molecule has 2 heteroatoms. The summed E-state index contributed by atoms with van der Waals surface area (Å²) in [4.78, 5) is 2.49. The van der Waals surface area contributed by atoms with Crippen LogP contribution in [0, 0.1) is 5.41 Å². The molecule has 0 N–H and O–H groups in total. The zero-order valence-corrected chi connectivity index (χ0v) is 13.6. The van der Waals surface area contributed by atoms with Gasteiger partial charge in [-0.1, -0.05) is 41.0 Å². The molecule has 0 aromatic rings. The number of nitrogens with zero attached hydrogens (tertiary/aromatic N) is 1. The van der Waals surface area contributed by atoms with Crippen molar-refractivity contribution in [3.63, 3.8) is 0 Å². The minimum atomic E-state index is 0.458. The first-order chi connectivity index (χ1) is 8.42. The van der Waals surface area contributed by atoms with Crippen molar-refractivity contribution >= 4 is 0 Å². The predicted molar refractivity (Wildman–Crippen MR) is 81.1 cm³/mol. The van der Waals surface area contributed by atoms with Gasteiger partial charge in [-0.2, -0.15) is 0 Å². The summed E-state index contributed by atoms with van der Waals surface area (Å²) in [5.41, 5.74) is 0.458. The maximum absolute atomic E-state index is 5.60. The predicted octanol–water partition coefficient (Wildman–Crippen LogP) is 4.34. The van der Waals surface area contributed by atoms with Crippen molar-refractivity contribution in [2.75, 3.05) is 26.7 Å². The Bertz CT molecular complexity index is 182. The first-order valence-electron chi connectivity index (χ1n) is 7.68. The monoisotopic (exact) mass is 257 g/mol. The Morgan fingerprint density at radius 2 is 1.56 bits per heavy atom. The second-order valence-corrected chi connectivity index (χ2v) is 6.48. The molecule has 1 atom stereocenters. The molecule has 0 rings (SSSR count). The summed E-state index contributed by atoms with van der Waals surface area (Å²) in [5, 5.41) is 0. The average molecular weight is 257 g/mol. The molecule has 0 saturated heterocycles. The van der Waals surface area contributed by atoms with Crippen LogP contribution in [0.3, 0.4) is 0 Å².